The van der Waals surface area contributed by atoms with Crippen molar-refractivity contribution in [1.29, 1.82) is 0 Å². The Bertz CT molecular complexity index is 253. The third kappa shape index (κ3) is 6.75. The lowest BCUT2D eigenvalue weighted by atomic mass is 9.70. The quantitative estimate of drug-likeness (QED) is 0.767. The van der Waals surface area contributed by atoms with Gasteiger partial charge in [0, 0.05) is 5.54 Å². The molecule has 0 aromatic carbocycles. The zero-order valence-electron chi connectivity index (χ0n) is 14.1. The second-order valence-electron chi connectivity index (χ2n) is 8.67. The van der Waals surface area contributed by atoms with Gasteiger partial charge in [0.15, 0.2) is 0 Å². The number of hydrogen-bond acceptors (Lipinski definition) is 2. The van der Waals surface area contributed by atoms with Gasteiger partial charge in [0.1, 0.15) is 0 Å². The van der Waals surface area contributed by atoms with Crippen molar-refractivity contribution in [2.75, 3.05) is 6.61 Å². The molecule has 0 heterocycles. The molecule has 0 amide bonds. The van der Waals surface area contributed by atoms with Crippen molar-refractivity contribution in [3.8, 4) is 0 Å². The first-order chi connectivity index (χ1) is 7.66. The molecule has 2 N–H and O–H groups in total. The standard InChI is InChI=1S/C16H35NO/c1-13(2,3)14(4,5)12-18-16(8,9)11-10-15(6,7)17/h10-12,17H2,1-9H3. The van der Waals surface area contributed by atoms with Crippen LogP contribution in [0.2, 0.25) is 0 Å². The maximum atomic E-state index is 6.16. The summed E-state index contributed by atoms with van der Waals surface area (Å²) in [4.78, 5) is 0. The van der Waals surface area contributed by atoms with Crippen LogP contribution in [0.25, 0.3) is 0 Å². The van der Waals surface area contributed by atoms with Crippen LogP contribution < -0.4 is 5.73 Å². The number of nitrogens with two attached hydrogens (primary N) is 1. The summed E-state index contributed by atoms with van der Waals surface area (Å²) in [5.41, 5.74) is 6.24. The lowest BCUT2D eigenvalue weighted by Crippen LogP contribution is -2.40. The molecule has 0 saturated heterocycles. The lowest BCUT2D eigenvalue weighted by molar-refractivity contribution is -0.0882. The van der Waals surface area contributed by atoms with E-state index in [9.17, 15) is 0 Å². The SMILES string of the molecule is CC(C)(N)CCC(C)(C)OCC(C)(C)C(C)(C)C. The Kier molecular flexibility index (Phi) is 5.48. The minimum atomic E-state index is -0.111. The fourth-order valence-corrected chi connectivity index (χ4v) is 1.29. The van der Waals surface area contributed by atoms with Crippen LogP contribution in [0.4, 0.5) is 0 Å². The fourth-order valence-electron chi connectivity index (χ4n) is 1.29. The number of hydrogen-bond donors (Lipinski definition) is 1. The molecule has 0 aromatic heterocycles. The molecule has 0 fully saturated rings. The van der Waals surface area contributed by atoms with E-state index in [-0.39, 0.29) is 22.0 Å². The smallest absolute Gasteiger partial charge is 0.0627 e. The highest BCUT2D eigenvalue weighted by molar-refractivity contribution is 4.84. The molecule has 0 saturated carbocycles. The van der Waals surface area contributed by atoms with Gasteiger partial charge in [-0.25, -0.2) is 0 Å². The van der Waals surface area contributed by atoms with Crippen LogP contribution in [0.15, 0.2) is 0 Å². The van der Waals surface area contributed by atoms with Gasteiger partial charge in [-0.2, -0.15) is 0 Å². The Hall–Kier alpha value is -0.0800. The summed E-state index contributed by atoms with van der Waals surface area (Å²) < 4.78 is 6.16. The van der Waals surface area contributed by atoms with E-state index in [0.29, 0.717) is 0 Å². The van der Waals surface area contributed by atoms with E-state index in [0.717, 1.165) is 19.4 Å². The molecule has 110 valence electrons. The van der Waals surface area contributed by atoms with Gasteiger partial charge in [-0.1, -0.05) is 34.6 Å². The average Bonchev–Trinajstić information content (AvgIpc) is 2.10. The van der Waals surface area contributed by atoms with Crippen LogP contribution in [-0.4, -0.2) is 17.7 Å². The van der Waals surface area contributed by atoms with E-state index in [4.69, 9.17) is 10.5 Å². The van der Waals surface area contributed by atoms with Crippen molar-refractivity contribution in [2.24, 2.45) is 16.6 Å². The largest absolute Gasteiger partial charge is 0.375 e. The molecule has 2 heteroatoms. The maximum absolute atomic E-state index is 6.16. The van der Waals surface area contributed by atoms with E-state index in [1.165, 1.54) is 0 Å². The van der Waals surface area contributed by atoms with Crippen LogP contribution in [0, 0.1) is 10.8 Å². The number of ether oxygens (including phenoxy) is 1. The van der Waals surface area contributed by atoms with Gasteiger partial charge in [0.25, 0.3) is 0 Å². The summed E-state index contributed by atoms with van der Waals surface area (Å²) in [5, 5.41) is 0. The minimum Gasteiger partial charge on any atom is -0.375 e. The first-order valence-corrected chi connectivity index (χ1v) is 7.09. The third-order valence-corrected chi connectivity index (χ3v) is 4.23. The van der Waals surface area contributed by atoms with Crippen LogP contribution in [0.3, 0.4) is 0 Å². The maximum Gasteiger partial charge on any atom is 0.0627 e. The van der Waals surface area contributed by atoms with E-state index < -0.39 is 0 Å². The minimum absolute atomic E-state index is 0.0981. The van der Waals surface area contributed by atoms with Gasteiger partial charge in [0.05, 0.1) is 12.2 Å². The van der Waals surface area contributed by atoms with Gasteiger partial charge >= 0.3 is 0 Å². The highest BCUT2D eigenvalue weighted by Crippen LogP contribution is 2.39. The van der Waals surface area contributed by atoms with E-state index >= 15 is 0 Å². The molecule has 0 aliphatic rings. The molecule has 0 rings (SSSR count). The van der Waals surface area contributed by atoms with Gasteiger partial charge in [-0.3, -0.25) is 0 Å². The third-order valence-electron chi connectivity index (χ3n) is 4.23. The molecule has 0 aliphatic heterocycles. The Morgan fingerprint density at radius 3 is 1.56 bits per heavy atom. The predicted molar refractivity (Wildman–Crippen MR) is 80.8 cm³/mol. The molecule has 0 bridgehead atoms. The first-order valence-electron chi connectivity index (χ1n) is 7.09. The zero-order chi connectivity index (χ0) is 14.8. The monoisotopic (exact) mass is 257 g/mol. The molecule has 0 spiro atoms. The molecule has 0 atom stereocenters. The molecule has 18 heavy (non-hydrogen) atoms. The van der Waals surface area contributed by atoms with Crippen molar-refractivity contribution in [3.05, 3.63) is 0 Å². The van der Waals surface area contributed by atoms with Gasteiger partial charge < -0.3 is 10.5 Å². The fraction of sp³-hybridized carbons (Fsp3) is 1.00. The molecular weight excluding hydrogens is 222 g/mol. The van der Waals surface area contributed by atoms with Crippen molar-refractivity contribution < 1.29 is 4.74 Å². The van der Waals surface area contributed by atoms with Crippen molar-refractivity contribution in [2.45, 2.75) is 86.3 Å². The number of rotatable bonds is 6. The Morgan fingerprint density at radius 1 is 0.778 bits per heavy atom. The highest BCUT2D eigenvalue weighted by atomic mass is 16.5. The van der Waals surface area contributed by atoms with Gasteiger partial charge in [-0.05, 0) is 51.4 Å². The molecule has 0 radical (unpaired) electrons. The normalized spacial score (nSPS) is 15.0. The van der Waals surface area contributed by atoms with Crippen LogP contribution in [0.5, 0.6) is 0 Å². The topological polar surface area (TPSA) is 35.2 Å². The zero-order valence-corrected chi connectivity index (χ0v) is 14.1. The lowest BCUT2D eigenvalue weighted by Gasteiger charge is -2.41. The molecule has 2 nitrogen and oxygen atoms in total. The van der Waals surface area contributed by atoms with Crippen molar-refractivity contribution in [1.82, 2.24) is 0 Å². The summed E-state index contributed by atoms with van der Waals surface area (Å²) in [6, 6.07) is 0. The van der Waals surface area contributed by atoms with Gasteiger partial charge in [-0.15, -0.1) is 0 Å². The summed E-state index contributed by atoms with van der Waals surface area (Å²) in [5.74, 6) is 0. The van der Waals surface area contributed by atoms with E-state index in [1.54, 1.807) is 0 Å². The molecule has 0 aromatic rings. The molecule has 0 aliphatic carbocycles. The Morgan fingerprint density at radius 2 is 1.22 bits per heavy atom. The average molecular weight is 257 g/mol. The highest BCUT2D eigenvalue weighted by Gasteiger charge is 2.35. The van der Waals surface area contributed by atoms with E-state index in [1.807, 2.05) is 0 Å². The predicted octanol–water partition coefficient (Wildman–Crippen LogP) is 4.37. The summed E-state index contributed by atoms with van der Waals surface area (Å²) in [7, 11) is 0. The van der Waals surface area contributed by atoms with E-state index in [2.05, 4.69) is 62.3 Å². The second kappa shape index (κ2) is 5.50. The Labute approximate surface area is 115 Å². The van der Waals surface area contributed by atoms with Gasteiger partial charge in [0.2, 0.25) is 0 Å². The molecule has 0 unspecified atom stereocenters. The second-order valence-corrected chi connectivity index (χ2v) is 8.67. The summed E-state index contributed by atoms with van der Waals surface area (Å²) in [6.07, 6.45) is 1.98. The Balaban J connectivity index is 4.35. The summed E-state index contributed by atoms with van der Waals surface area (Å²) in [6.45, 7) is 20.6. The van der Waals surface area contributed by atoms with Crippen LogP contribution in [-0.2, 0) is 4.74 Å². The summed E-state index contributed by atoms with van der Waals surface area (Å²) >= 11 is 0. The van der Waals surface area contributed by atoms with Crippen molar-refractivity contribution in [3.63, 3.8) is 0 Å². The van der Waals surface area contributed by atoms with Crippen molar-refractivity contribution >= 4 is 0 Å². The first kappa shape index (κ1) is 17.9. The van der Waals surface area contributed by atoms with Crippen LogP contribution >= 0.6 is 0 Å². The van der Waals surface area contributed by atoms with Crippen LogP contribution in [0.1, 0.15) is 75.2 Å². The molecular formula is C16H35NO.